The van der Waals surface area contributed by atoms with E-state index in [0.717, 1.165) is 26.1 Å². The van der Waals surface area contributed by atoms with Crippen molar-refractivity contribution in [3.8, 4) is 0 Å². The van der Waals surface area contributed by atoms with Gasteiger partial charge in [0.05, 0.1) is 17.8 Å². The maximum Gasteiger partial charge on any atom is 0.0846 e. The summed E-state index contributed by atoms with van der Waals surface area (Å²) in [6, 6.07) is 0.188. The van der Waals surface area contributed by atoms with Gasteiger partial charge in [0.2, 0.25) is 0 Å². The molecule has 1 heterocycles. The normalized spacial score (nSPS) is 16.5. The first-order valence-electron chi connectivity index (χ1n) is 7.00. The second-order valence-corrected chi connectivity index (χ2v) is 4.72. The predicted molar refractivity (Wildman–Crippen MR) is 74.6 cm³/mol. The first-order valence-corrected chi connectivity index (χ1v) is 7.00. The van der Waals surface area contributed by atoms with Crippen LogP contribution in [0.1, 0.15) is 52.6 Å². The first-order chi connectivity index (χ1) is 8.61. The molecule has 104 valence electrons. The zero-order valence-corrected chi connectivity index (χ0v) is 12.4. The zero-order chi connectivity index (χ0) is 13.6. The number of nitrogens with zero attached hydrogens (tertiary/aromatic N) is 2. The fourth-order valence-corrected chi connectivity index (χ4v) is 2.31. The van der Waals surface area contributed by atoms with E-state index in [4.69, 9.17) is 4.74 Å². The van der Waals surface area contributed by atoms with Gasteiger partial charge in [0.1, 0.15) is 0 Å². The minimum absolute atomic E-state index is 0.188. The Morgan fingerprint density at radius 1 is 1.39 bits per heavy atom. The molecule has 0 spiro atoms. The molecule has 0 saturated heterocycles. The van der Waals surface area contributed by atoms with Gasteiger partial charge < -0.3 is 10.1 Å². The second kappa shape index (κ2) is 6.90. The van der Waals surface area contributed by atoms with Crippen LogP contribution in [0.4, 0.5) is 0 Å². The van der Waals surface area contributed by atoms with Crippen LogP contribution in [-0.4, -0.2) is 28.5 Å². The highest BCUT2D eigenvalue weighted by molar-refractivity contribution is 5.15. The Bertz CT molecular complexity index is 351. The van der Waals surface area contributed by atoms with Gasteiger partial charge in [-0.05, 0) is 33.7 Å². The van der Waals surface area contributed by atoms with Gasteiger partial charge in [0.15, 0.2) is 0 Å². The fourth-order valence-electron chi connectivity index (χ4n) is 2.31. The molecule has 4 nitrogen and oxygen atoms in total. The number of ether oxygens (including phenoxy) is 1. The van der Waals surface area contributed by atoms with Crippen molar-refractivity contribution in [3.63, 3.8) is 0 Å². The minimum atomic E-state index is -0.188. The van der Waals surface area contributed by atoms with E-state index in [1.54, 1.807) is 0 Å². The second-order valence-electron chi connectivity index (χ2n) is 4.72. The van der Waals surface area contributed by atoms with Gasteiger partial charge in [-0.3, -0.25) is 4.68 Å². The SMILES string of the molecule is CCNC(c1cnn(CC)c1)C(C)(CC)OCC. The van der Waals surface area contributed by atoms with Crippen molar-refractivity contribution >= 4 is 0 Å². The summed E-state index contributed by atoms with van der Waals surface area (Å²) in [5, 5.41) is 7.90. The number of nitrogens with one attached hydrogen (secondary N) is 1. The monoisotopic (exact) mass is 253 g/mol. The molecule has 0 aromatic carbocycles. The Balaban J connectivity index is 2.99. The standard InChI is InChI=1S/C14H27N3O/c1-6-14(5,18-9-4)13(15-7-2)12-10-16-17(8-3)11-12/h10-11,13,15H,6-9H2,1-5H3. The lowest BCUT2D eigenvalue weighted by molar-refractivity contribution is -0.0560. The van der Waals surface area contributed by atoms with Crippen LogP contribution in [0, 0.1) is 0 Å². The lowest BCUT2D eigenvalue weighted by Crippen LogP contribution is -2.43. The van der Waals surface area contributed by atoms with E-state index in [2.05, 4.69) is 44.3 Å². The number of aryl methyl sites for hydroxylation is 1. The molecule has 0 saturated carbocycles. The van der Waals surface area contributed by atoms with Gasteiger partial charge in [0.25, 0.3) is 0 Å². The molecule has 1 aromatic rings. The van der Waals surface area contributed by atoms with E-state index < -0.39 is 0 Å². The van der Waals surface area contributed by atoms with E-state index in [9.17, 15) is 0 Å². The molecule has 0 fully saturated rings. The Hall–Kier alpha value is -0.870. The summed E-state index contributed by atoms with van der Waals surface area (Å²) in [4.78, 5) is 0. The van der Waals surface area contributed by atoms with Crippen molar-refractivity contribution < 1.29 is 4.74 Å². The molecular weight excluding hydrogens is 226 g/mol. The van der Waals surface area contributed by atoms with Crippen molar-refractivity contribution in [1.29, 1.82) is 0 Å². The largest absolute Gasteiger partial charge is 0.374 e. The molecule has 0 aliphatic heterocycles. The van der Waals surface area contributed by atoms with Gasteiger partial charge in [-0.2, -0.15) is 5.10 Å². The summed E-state index contributed by atoms with van der Waals surface area (Å²) in [5.74, 6) is 0. The van der Waals surface area contributed by atoms with Crippen molar-refractivity contribution in [3.05, 3.63) is 18.0 Å². The summed E-state index contributed by atoms with van der Waals surface area (Å²) in [7, 11) is 0. The number of likely N-dealkylation sites (N-methyl/N-ethyl adjacent to an activating group) is 1. The molecule has 0 aliphatic rings. The Kier molecular flexibility index (Phi) is 5.82. The van der Waals surface area contributed by atoms with Crippen molar-refractivity contribution in [2.24, 2.45) is 0 Å². The summed E-state index contributed by atoms with van der Waals surface area (Å²) >= 11 is 0. The maximum absolute atomic E-state index is 5.99. The summed E-state index contributed by atoms with van der Waals surface area (Å²) in [5.41, 5.74) is 1.02. The molecule has 1 N–H and O–H groups in total. The lowest BCUT2D eigenvalue weighted by Gasteiger charge is -2.36. The van der Waals surface area contributed by atoms with Crippen LogP contribution in [0.25, 0.3) is 0 Å². The molecule has 2 unspecified atom stereocenters. The third kappa shape index (κ3) is 3.33. The molecule has 0 aliphatic carbocycles. The lowest BCUT2D eigenvalue weighted by atomic mass is 9.89. The van der Waals surface area contributed by atoms with Gasteiger partial charge in [0, 0.05) is 24.9 Å². The van der Waals surface area contributed by atoms with Gasteiger partial charge in [-0.25, -0.2) is 0 Å². The predicted octanol–water partition coefficient (Wildman–Crippen LogP) is 2.76. The molecule has 1 aromatic heterocycles. The summed E-state index contributed by atoms with van der Waals surface area (Å²) in [6.45, 7) is 13.2. The number of rotatable bonds is 8. The van der Waals surface area contributed by atoms with E-state index in [1.807, 2.05) is 17.8 Å². The molecule has 1 rings (SSSR count). The van der Waals surface area contributed by atoms with Crippen LogP contribution < -0.4 is 5.32 Å². The Morgan fingerprint density at radius 2 is 2.11 bits per heavy atom. The quantitative estimate of drug-likeness (QED) is 0.774. The summed E-state index contributed by atoms with van der Waals surface area (Å²) < 4.78 is 7.95. The summed E-state index contributed by atoms with van der Waals surface area (Å²) in [6.07, 6.45) is 5.03. The highest BCUT2D eigenvalue weighted by atomic mass is 16.5. The van der Waals surface area contributed by atoms with E-state index in [-0.39, 0.29) is 11.6 Å². The molecule has 0 radical (unpaired) electrons. The minimum Gasteiger partial charge on any atom is -0.374 e. The number of aromatic nitrogens is 2. The van der Waals surface area contributed by atoms with Crippen LogP contribution in [0.2, 0.25) is 0 Å². The average molecular weight is 253 g/mol. The van der Waals surface area contributed by atoms with Crippen LogP contribution in [0.5, 0.6) is 0 Å². The van der Waals surface area contributed by atoms with Crippen molar-refractivity contribution in [2.45, 2.75) is 59.2 Å². The Morgan fingerprint density at radius 3 is 2.56 bits per heavy atom. The molecule has 0 amide bonds. The third-order valence-corrected chi connectivity index (χ3v) is 3.51. The highest BCUT2D eigenvalue weighted by Crippen LogP contribution is 2.32. The van der Waals surface area contributed by atoms with Gasteiger partial charge in [-0.1, -0.05) is 13.8 Å². The van der Waals surface area contributed by atoms with Gasteiger partial charge >= 0.3 is 0 Å². The molecule has 18 heavy (non-hydrogen) atoms. The highest BCUT2D eigenvalue weighted by Gasteiger charge is 2.34. The third-order valence-electron chi connectivity index (χ3n) is 3.51. The van der Waals surface area contributed by atoms with E-state index >= 15 is 0 Å². The van der Waals surface area contributed by atoms with E-state index in [1.165, 1.54) is 5.56 Å². The van der Waals surface area contributed by atoms with Crippen LogP contribution >= 0.6 is 0 Å². The topological polar surface area (TPSA) is 39.1 Å². The van der Waals surface area contributed by atoms with Crippen LogP contribution in [0.3, 0.4) is 0 Å². The number of hydrogen-bond donors (Lipinski definition) is 1. The van der Waals surface area contributed by atoms with Crippen LogP contribution in [-0.2, 0) is 11.3 Å². The van der Waals surface area contributed by atoms with Gasteiger partial charge in [-0.15, -0.1) is 0 Å². The first kappa shape index (κ1) is 15.2. The molecule has 2 atom stereocenters. The smallest absolute Gasteiger partial charge is 0.0846 e. The van der Waals surface area contributed by atoms with Crippen molar-refractivity contribution in [1.82, 2.24) is 15.1 Å². The average Bonchev–Trinajstić information content (AvgIpc) is 2.84. The maximum atomic E-state index is 5.99. The zero-order valence-electron chi connectivity index (χ0n) is 12.4. The van der Waals surface area contributed by atoms with Crippen LogP contribution in [0.15, 0.2) is 12.4 Å². The Labute approximate surface area is 111 Å². The number of hydrogen-bond acceptors (Lipinski definition) is 3. The molecule has 4 heteroatoms. The molecular formula is C14H27N3O. The van der Waals surface area contributed by atoms with Crippen molar-refractivity contribution in [2.75, 3.05) is 13.2 Å². The van der Waals surface area contributed by atoms with E-state index in [0.29, 0.717) is 0 Å². The molecule has 0 bridgehead atoms. The fraction of sp³-hybridized carbons (Fsp3) is 0.786.